The molecule has 0 saturated carbocycles. The first-order valence-corrected chi connectivity index (χ1v) is 9.88. The second-order valence-electron chi connectivity index (χ2n) is 6.84. The SMILES string of the molecule is CCc1ccc(-n2cc3c(c2-c2ccc(Br)cc2)c(=O)n(C)c(=O)n3C)cc1. The molecule has 0 N–H and O–H groups in total. The second-order valence-corrected chi connectivity index (χ2v) is 7.76. The second kappa shape index (κ2) is 6.95. The van der Waals surface area contributed by atoms with Gasteiger partial charge in [-0.2, -0.15) is 0 Å². The van der Waals surface area contributed by atoms with Crippen molar-refractivity contribution in [1.82, 2.24) is 13.7 Å². The van der Waals surface area contributed by atoms with Gasteiger partial charge in [-0.3, -0.25) is 13.9 Å². The number of benzene rings is 2. The lowest BCUT2D eigenvalue weighted by molar-refractivity contribution is 0.714. The van der Waals surface area contributed by atoms with Crippen LogP contribution < -0.4 is 11.2 Å². The van der Waals surface area contributed by atoms with Crippen LogP contribution in [0.1, 0.15) is 12.5 Å². The number of rotatable bonds is 3. The Bertz CT molecular complexity index is 1290. The summed E-state index contributed by atoms with van der Waals surface area (Å²) >= 11 is 3.47. The Kier molecular flexibility index (Phi) is 4.59. The Morgan fingerprint density at radius 1 is 0.893 bits per heavy atom. The molecule has 2 aromatic heterocycles. The predicted octanol–water partition coefficient (Wildman–Crippen LogP) is 4.02. The van der Waals surface area contributed by atoms with Crippen LogP contribution in [0.4, 0.5) is 0 Å². The van der Waals surface area contributed by atoms with Crippen molar-refractivity contribution in [3.8, 4) is 16.9 Å². The Labute approximate surface area is 170 Å². The number of hydrogen-bond donors (Lipinski definition) is 0. The van der Waals surface area contributed by atoms with E-state index in [0.717, 1.165) is 32.4 Å². The van der Waals surface area contributed by atoms with Crippen molar-refractivity contribution >= 4 is 26.8 Å². The summed E-state index contributed by atoms with van der Waals surface area (Å²) in [5.41, 5.74) is 3.87. The molecule has 0 aliphatic rings. The monoisotopic (exact) mass is 437 g/mol. The summed E-state index contributed by atoms with van der Waals surface area (Å²) in [6.45, 7) is 2.12. The van der Waals surface area contributed by atoms with Crippen LogP contribution in [0.3, 0.4) is 0 Å². The zero-order chi connectivity index (χ0) is 20.0. The average Bonchev–Trinajstić information content (AvgIpc) is 3.12. The van der Waals surface area contributed by atoms with Gasteiger partial charge in [0.15, 0.2) is 0 Å². The standard InChI is InChI=1S/C22H20BrN3O2/c1-4-14-5-11-17(12-6-14)26-13-18-19(21(27)25(3)22(28)24(18)2)20(26)15-7-9-16(23)10-8-15/h5-13H,4H2,1-3H3. The van der Waals surface area contributed by atoms with Crippen molar-refractivity contribution < 1.29 is 0 Å². The topological polar surface area (TPSA) is 48.9 Å². The normalized spacial score (nSPS) is 11.3. The van der Waals surface area contributed by atoms with Gasteiger partial charge in [0.25, 0.3) is 5.56 Å². The highest BCUT2D eigenvalue weighted by atomic mass is 79.9. The van der Waals surface area contributed by atoms with Gasteiger partial charge in [-0.25, -0.2) is 4.79 Å². The van der Waals surface area contributed by atoms with Crippen LogP contribution in [0.25, 0.3) is 27.8 Å². The fourth-order valence-corrected chi connectivity index (χ4v) is 3.79. The largest absolute Gasteiger partial charge is 0.330 e. The van der Waals surface area contributed by atoms with Crippen molar-refractivity contribution in [1.29, 1.82) is 0 Å². The zero-order valence-electron chi connectivity index (χ0n) is 15.9. The van der Waals surface area contributed by atoms with Crippen LogP contribution in [-0.2, 0) is 20.5 Å². The van der Waals surface area contributed by atoms with E-state index in [4.69, 9.17) is 0 Å². The molecule has 0 amide bonds. The van der Waals surface area contributed by atoms with Gasteiger partial charge in [-0.1, -0.05) is 47.1 Å². The van der Waals surface area contributed by atoms with Gasteiger partial charge < -0.3 is 4.57 Å². The van der Waals surface area contributed by atoms with Gasteiger partial charge in [0.1, 0.15) is 0 Å². The minimum Gasteiger partial charge on any atom is -0.314 e. The van der Waals surface area contributed by atoms with Crippen LogP contribution in [0.15, 0.2) is 68.8 Å². The molecule has 5 nitrogen and oxygen atoms in total. The van der Waals surface area contributed by atoms with E-state index >= 15 is 0 Å². The first kappa shape index (κ1) is 18.5. The van der Waals surface area contributed by atoms with Crippen molar-refractivity contribution in [2.45, 2.75) is 13.3 Å². The number of fused-ring (bicyclic) bond motifs is 1. The maximum absolute atomic E-state index is 13.0. The van der Waals surface area contributed by atoms with Crippen LogP contribution in [0.5, 0.6) is 0 Å². The van der Waals surface area contributed by atoms with Crippen LogP contribution in [-0.4, -0.2) is 13.7 Å². The first-order chi connectivity index (χ1) is 13.4. The van der Waals surface area contributed by atoms with Gasteiger partial charge in [0, 0.05) is 30.5 Å². The molecule has 4 rings (SSSR count). The van der Waals surface area contributed by atoms with Gasteiger partial charge >= 0.3 is 5.69 Å². The Morgan fingerprint density at radius 3 is 2.14 bits per heavy atom. The van der Waals surface area contributed by atoms with E-state index in [1.165, 1.54) is 17.2 Å². The maximum atomic E-state index is 13.0. The fraction of sp³-hybridized carbons (Fsp3) is 0.182. The third-order valence-corrected chi connectivity index (χ3v) is 5.71. The molecule has 0 unspecified atom stereocenters. The highest BCUT2D eigenvalue weighted by Crippen LogP contribution is 2.31. The minimum absolute atomic E-state index is 0.292. The molecule has 142 valence electrons. The summed E-state index contributed by atoms with van der Waals surface area (Å²) in [4.78, 5) is 25.5. The van der Waals surface area contributed by atoms with Crippen molar-refractivity contribution in [3.05, 3.63) is 85.6 Å². The van der Waals surface area contributed by atoms with Crippen molar-refractivity contribution in [3.63, 3.8) is 0 Å². The molecule has 0 atom stereocenters. The zero-order valence-corrected chi connectivity index (χ0v) is 17.5. The Hall–Kier alpha value is -2.86. The molecule has 0 saturated heterocycles. The van der Waals surface area contributed by atoms with E-state index in [1.807, 2.05) is 47.2 Å². The van der Waals surface area contributed by atoms with E-state index in [0.29, 0.717) is 10.9 Å². The molecular formula is C22H20BrN3O2. The third kappa shape index (κ3) is 2.85. The molecule has 2 heterocycles. The predicted molar refractivity (Wildman–Crippen MR) is 116 cm³/mol. The molecular weight excluding hydrogens is 418 g/mol. The number of nitrogens with zero attached hydrogens (tertiary/aromatic N) is 3. The van der Waals surface area contributed by atoms with Crippen molar-refractivity contribution in [2.24, 2.45) is 14.1 Å². The quantitative estimate of drug-likeness (QED) is 0.485. The summed E-state index contributed by atoms with van der Waals surface area (Å²) in [6.07, 6.45) is 2.83. The van der Waals surface area contributed by atoms with Gasteiger partial charge in [-0.15, -0.1) is 0 Å². The van der Waals surface area contributed by atoms with Crippen LogP contribution in [0.2, 0.25) is 0 Å². The molecule has 0 aliphatic heterocycles. The Morgan fingerprint density at radius 2 is 1.54 bits per heavy atom. The molecule has 4 aromatic rings. The van der Waals surface area contributed by atoms with E-state index in [1.54, 1.807) is 7.05 Å². The molecule has 0 radical (unpaired) electrons. The summed E-state index contributed by atoms with van der Waals surface area (Å²) < 4.78 is 5.64. The molecule has 0 aliphatic carbocycles. The highest BCUT2D eigenvalue weighted by molar-refractivity contribution is 9.10. The lowest BCUT2D eigenvalue weighted by Gasteiger charge is -2.11. The maximum Gasteiger partial charge on any atom is 0.330 e. The van der Waals surface area contributed by atoms with Gasteiger partial charge in [0.05, 0.1) is 16.6 Å². The van der Waals surface area contributed by atoms with E-state index in [-0.39, 0.29) is 11.2 Å². The number of aryl methyl sites for hydroxylation is 2. The molecule has 0 fully saturated rings. The fourth-order valence-electron chi connectivity index (χ4n) is 3.53. The Balaban J connectivity index is 2.14. The molecule has 6 heteroatoms. The van der Waals surface area contributed by atoms with E-state index < -0.39 is 0 Å². The van der Waals surface area contributed by atoms with Crippen LogP contribution >= 0.6 is 15.9 Å². The van der Waals surface area contributed by atoms with Gasteiger partial charge in [-0.05, 0) is 41.8 Å². The summed E-state index contributed by atoms with van der Waals surface area (Å²) in [5, 5.41) is 0.534. The molecule has 28 heavy (non-hydrogen) atoms. The molecule has 2 aromatic carbocycles. The van der Waals surface area contributed by atoms with E-state index in [9.17, 15) is 9.59 Å². The molecule has 0 bridgehead atoms. The average molecular weight is 438 g/mol. The number of aromatic nitrogens is 3. The van der Waals surface area contributed by atoms with E-state index in [2.05, 4.69) is 35.0 Å². The summed E-state index contributed by atoms with van der Waals surface area (Å²) in [6, 6.07) is 16.1. The first-order valence-electron chi connectivity index (χ1n) is 9.08. The number of halogens is 1. The lowest BCUT2D eigenvalue weighted by Crippen LogP contribution is -2.36. The van der Waals surface area contributed by atoms with Gasteiger partial charge in [0.2, 0.25) is 0 Å². The lowest BCUT2D eigenvalue weighted by atomic mass is 10.1. The third-order valence-electron chi connectivity index (χ3n) is 5.18. The van der Waals surface area contributed by atoms with Crippen molar-refractivity contribution in [2.75, 3.05) is 0 Å². The van der Waals surface area contributed by atoms with Crippen LogP contribution in [0, 0.1) is 0 Å². The number of hydrogen-bond acceptors (Lipinski definition) is 2. The summed E-state index contributed by atoms with van der Waals surface area (Å²) in [7, 11) is 3.21. The highest BCUT2D eigenvalue weighted by Gasteiger charge is 2.20. The minimum atomic E-state index is -0.335. The molecule has 0 spiro atoms. The summed E-state index contributed by atoms with van der Waals surface area (Å²) in [5.74, 6) is 0. The smallest absolute Gasteiger partial charge is 0.314 e.